The van der Waals surface area contributed by atoms with Crippen LogP contribution in [0.4, 0.5) is 4.39 Å². The quantitative estimate of drug-likeness (QED) is 0.852. The van der Waals surface area contributed by atoms with Crippen molar-refractivity contribution in [1.82, 2.24) is 10.2 Å². The van der Waals surface area contributed by atoms with Gasteiger partial charge in [0, 0.05) is 23.7 Å². The largest absolute Gasteiger partial charge is 0.308 e. The van der Waals surface area contributed by atoms with Crippen molar-refractivity contribution in [2.75, 3.05) is 20.6 Å². The second kappa shape index (κ2) is 6.68. The summed E-state index contributed by atoms with van der Waals surface area (Å²) in [6.07, 6.45) is 5.98. The van der Waals surface area contributed by atoms with E-state index in [1.165, 1.54) is 25.7 Å². The Kier molecular flexibility index (Phi) is 5.17. The molecule has 0 bridgehead atoms. The van der Waals surface area contributed by atoms with Gasteiger partial charge in [-0.1, -0.05) is 38.0 Å². The van der Waals surface area contributed by atoms with Crippen LogP contribution in [0.5, 0.6) is 0 Å². The highest BCUT2D eigenvalue weighted by Gasteiger charge is 2.36. The molecule has 1 saturated carbocycles. The minimum atomic E-state index is -0.0998. The predicted molar refractivity (Wildman–Crippen MR) is 82.3 cm³/mol. The lowest BCUT2D eigenvalue weighted by Crippen LogP contribution is -2.50. The van der Waals surface area contributed by atoms with Crippen molar-refractivity contribution in [1.29, 1.82) is 0 Å². The molecule has 112 valence electrons. The van der Waals surface area contributed by atoms with Crippen LogP contribution in [0.2, 0.25) is 0 Å². The zero-order valence-corrected chi connectivity index (χ0v) is 13.0. The van der Waals surface area contributed by atoms with Gasteiger partial charge < -0.3 is 10.2 Å². The molecule has 1 unspecified atom stereocenters. The predicted octanol–water partition coefficient (Wildman–Crippen LogP) is 3.74. The standard InChI is InChI=1S/C17H27FN2/c1-4-16(14-9-5-6-10-15(14)18)19-13-17(20(2)3)11-7-8-12-17/h5-6,9-10,16,19H,4,7-8,11-13H2,1-3H3. The summed E-state index contributed by atoms with van der Waals surface area (Å²) in [5.74, 6) is -0.0998. The minimum absolute atomic E-state index is 0.0998. The summed E-state index contributed by atoms with van der Waals surface area (Å²) in [5.41, 5.74) is 1.04. The molecule has 1 aliphatic rings. The fraction of sp³-hybridized carbons (Fsp3) is 0.647. The van der Waals surface area contributed by atoms with Crippen LogP contribution < -0.4 is 5.32 Å². The van der Waals surface area contributed by atoms with E-state index in [0.29, 0.717) is 0 Å². The SMILES string of the molecule is CCC(NCC1(N(C)C)CCCC1)c1ccccc1F. The maximum Gasteiger partial charge on any atom is 0.127 e. The molecule has 20 heavy (non-hydrogen) atoms. The zero-order valence-electron chi connectivity index (χ0n) is 13.0. The van der Waals surface area contributed by atoms with Crippen molar-refractivity contribution in [3.8, 4) is 0 Å². The third kappa shape index (κ3) is 3.21. The molecule has 0 aromatic heterocycles. The molecule has 0 radical (unpaired) electrons. The molecule has 1 aromatic carbocycles. The van der Waals surface area contributed by atoms with Crippen LogP contribution in [-0.2, 0) is 0 Å². The van der Waals surface area contributed by atoms with Crippen molar-refractivity contribution >= 4 is 0 Å². The van der Waals surface area contributed by atoms with E-state index >= 15 is 0 Å². The lowest BCUT2D eigenvalue weighted by molar-refractivity contribution is 0.148. The van der Waals surface area contributed by atoms with Crippen molar-refractivity contribution in [3.63, 3.8) is 0 Å². The molecule has 0 spiro atoms. The Bertz CT molecular complexity index is 425. The van der Waals surface area contributed by atoms with Crippen molar-refractivity contribution in [2.24, 2.45) is 0 Å². The Labute approximate surface area is 122 Å². The van der Waals surface area contributed by atoms with Crippen LogP contribution in [0.15, 0.2) is 24.3 Å². The summed E-state index contributed by atoms with van der Waals surface area (Å²) in [5, 5.41) is 3.61. The van der Waals surface area contributed by atoms with Crippen molar-refractivity contribution in [3.05, 3.63) is 35.6 Å². The first kappa shape index (κ1) is 15.5. The Balaban J connectivity index is 2.06. The molecule has 0 amide bonds. The summed E-state index contributed by atoms with van der Waals surface area (Å²) in [4.78, 5) is 2.35. The van der Waals surface area contributed by atoms with Gasteiger partial charge in [-0.3, -0.25) is 0 Å². The van der Waals surface area contributed by atoms with Gasteiger partial charge >= 0.3 is 0 Å². The van der Waals surface area contributed by atoms with Gasteiger partial charge in [0.25, 0.3) is 0 Å². The Morgan fingerprint density at radius 3 is 2.45 bits per heavy atom. The number of halogens is 1. The highest BCUT2D eigenvalue weighted by molar-refractivity contribution is 5.21. The van der Waals surface area contributed by atoms with Gasteiger partial charge in [0.15, 0.2) is 0 Å². The molecular weight excluding hydrogens is 251 g/mol. The van der Waals surface area contributed by atoms with Gasteiger partial charge in [0.2, 0.25) is 0 Å². The first-order valence-corrected chi connectivity index (χ1v) is 7.74. The first-order chi connectivity index (χ1) is 9.59. The number of nitrogens with one attached hydrogen (secondary N) is 1. The highest BCUT2D eigenvalue weighted by atomic mass is 19.1. The topological polar surface area (TPSA) is 15.3 Å². The molecule has 1 fully saturated rings. The van der Waals surface area contributed by atoms with E-state index in [1.54, 1.807) is 12.1 Å². The molecule has 1 N–H and O–H groups in total. The van der Waals surface area contributed by atoms with Gasteiger partial charge in [0.05, 0.1) is 0 Å². The van der Waals surface area contributed by atoms with Crippen LogP contribution in [0.1, 0.15) is 50.6 Å². The van der Waals surface area contributed by atoms with E-state index in [9.17, 15) is 4.39 Å². The van der Waals surface area contributed by atoms with Crippen LogP contribution in [0.25, 0.3) is 0 Å². The second-order valence-corrected chi connectivity index (χ2v) is 6.19. The van der Waals surface area contributed by atoms with Gasteiger partial charge in [0.1, 0.15) is 5.82 Å². The molecule has 0 aliphatic heterocycles. The molecule has 1 atom stereocenters. The van der Waals surface area contributed by atoms with E-state index < -0.39 is 0 Å². The number of nitrogens with zero attached hydrogens (tertiary/aromatic N) is 1. The smallest absolute Gasteiger partial charge is 0.127 e. The summed E-state index contributed by atoms with van der Waals surface area (Å²) >= 11 is 0. The number of benzene rings is 1. The average Bonchev–Trinajstić information content (AvgIpc) is 2.91. The maximum absolute atomic E-state index is 13.9. The fourth-order valence-corrected chi connectivity index (χ4v) is 3.36. The van der Waals surface area contributed by atoms with E-state index in [-0.39, 0.29) is 17.4 Å². The van der Waals surface area contributed by atoms with Gasteiger partial charge in [-0.25, -0.2) is 4.39 Å². The summed E-state index contributed by atoms with van der Waals surface area (Å²) in [6.45, 7) is 3.05. The third-order valence-electron chi connectivity index (χ3n) is 4.85. The Morgan fingerprint density at radius 2 is 1.90 bits per heavy atom. The summed E-state index contributed by atoms with van der Waals surface area (Å²) in [6, 6.07) is 7.22. The molecule has 1 aromatic rings. The summed E-state index contributed by atoms with van der Waals surface area (Å²) in [7, 11) is 4.33. The third-order valence-corrected chi connectivity index (χ3v) is 4.85. The lowest BCUT2D eigenvalue weighted by atomic mass is 9.94. The van der Waals surface area contributed by atoms with E-state index in [0.717, 1.165) is 18.5 Å². The second-order valence-electron chi connectivity index (χ2n) is 6.19. The molecule has 0 heterocycles. The molecule has 2 nitrogen and oxygen atoms in total. The molecular formula is C17H27FN2. The number of hydrogen-bond acceptors (Lipinski definition) is 2. The van der Waals surface area contributed by atoms with E-state index in [4.69, 9.17) is 0 Å². The molecule has 2 rings (SSSR count). The van der Waals surface area contributed by atoms with Gasteiger partial charge in [-0.2, -0.15) is 0 Å². The Hall–Kier alpha value is -0.930. The summed E-state index contributed by atoms with van der Waals surface area (Å²) < 4.78 is 13.9. The van der Waals surface area contributed by atoms with Crippen LogP contribution >= 0.6 is 0 Å². The lowest BCUT2D eigenvalue weighted by Gasteiger charge is -2.38. The zero-order chi connectivity index (χ0) is 14.6. The average molecular weight is 278 g/mol. The van der Waals surface area contributed by atoms with Crippen LogP contribution in [0, 0.1) is 5.82 Å². The number of rotatable bonds is 6. The molecule has 3 heteroatoms. The van der Waals surface area contributed by atoms with E-state index in [1.807, 2.05) is 12.1 Å². The van der Waals surface area contributed by atoms with Crippen LogP contribution in [-0.4, -0.2) is 31.1 Å². The molecule has 0 saturated heterocycles. The van der Waals surface area contributed by atoms with Gasteiger partial charge in [-0.15, -0.1) is 0 Å². The monoisotopic (exact) mass is 278 g/mol. The highest BCUT2D eigenvalue weighted by Crippen LogP contribution is 2.34. The first-order valence-electron chi connectivity index (χ1n) is 7.74. The normalized spacial score (nSPS) is 19.4. The fourth-order valence-electron chi connectivity index (χ4n) is 3.36. The number of hydrogen-bond donors (Lipinski definition) is 1. The van der Waals surface area contributed by atoms with Crippen molar-refractivity contribution in [2.45, 2.75) is 50.6 Å². The maximum atomic E-state index is 13.9. The Morgan fingerprint density at radius 1 is 1.25 bits per heavy atom. The van der Waals surface area contributed by atoms with Crippen LogP contribution in [0.3, 0.4) is 0 Å². The molecule has 1 aliphatic carbocycles. The number of likely N-dealkylation sites (N-methyl/N-ethyl adjacent to an activating group) is 1. The van der Waals surface area contributed by atoms with Gasteiger partial charge in [-0.05, 0) is 39.4 Å². The van der Waals surface area contributed by atoms with Crippen molar-refractivity contribution < 1.29 is 4.39 Å². The minimum Gasteiger partial charge on any atom is -0.308 e. The van der Waals surface area contributed by atoms with E-state index in [2.05, 4.69) is 31.2 Å².